The number of piperazine rings is 1. The summed E-state index contributed by atoms with van der Waals surface area (Å²) in [5.74, 6) is -0.245. The number of urea groups is 1. The second kappa shape index (κ2) is 5.78. The van der Waals surface area contributed by atoms with Crippen LogP contribution in [-0.4, -0.2) is 89.7 Å². The first-order valence-corrected chi connectivity index (χ1v) is 9.12. The van der Waals surface area contributed by atoms with Gasteiger partial charge in [0.15, 0.2) is 0 Å². The number of carbonyl (C=O) groups is 2. The van der Waals surface area contributed by atoms with E-state index < -0.39 is 22.0 Å². The lowest BCUT2D eigenvalue weighted by atomic mass is 10.3. The summed E-state index contributed by atoms with van der Waals surface area (Å²) in [5, 5.41) is 9.07. The molecule has 20 heavy (non-hydrogen) atoms. The van der Waals surface area contributed by atoms with Crippen LogP contribution in [0.25, 0.3) is 0 Å². The van der Waals surface area contributed by atoms with Crippen LogP contribution < -0.4 is 0 Å². The van der Waals surface area contributed by atoms with E-state index in [0.717, 1.165) is 6.26 Å². The number of carbonyl (C=O) groups excluding carboxylic acids is 1. The van der Waals surface area contributed by atoms with Gasteiger partial charge in [0.05, 0.1) is 12.1 Å². The van der Waals surface area contributed by atoms with Crippen LogP contribution in [0, 0.1) is 0 Å². The average Bonchev–Trinajstić information content (AvgIpc) is 2.86. The molecule has 2 rings (SSSR count). The van der Waals surface area contributed by atoms with E-state index in [0.29, 0.717) is 24.7 Å². The monoisotopic (exact) mass is 323 g/mol. The Balaban J connectivity index is 1.97. The third-order valence-electron chi connectivity index (χ3n) is 3.39. The van der Waals surface area contributed by atoms with Crippen LogP contribution in [0.5, 0.6) is 0 Å². The molecule has 2 heterocycles. The summed E-state index contributed by atoms with van der Waals surface area (Å²) in [4.78, 5) is 26.2. The predicted octanol–water partition coefficient (Wildman–Crippen LogP) is -0.857. The van der Waals surface area contributed by atoms with Crippen molar-refractivity contribution in [1.82, 2.24) is 14.1 Å². The van der Waals surface area contributed by atoms with Crippen LogP contribution in [0.15, 0.2) is 0 Å². The maximum atomic E-state index is 12.3. The standard InChI is InChI=1S/C10H17N3O5S2/c1-20(17,18)12-4-2-11(3-5-12)10(16)13-7-19-6-8(13)9(14)15/h8H,2-7H2,1H3,(H,14,15)/t8-/m0/s1. The first-order chi connectivity index (χ1) is 9.30. The largest absolute Gasteiger partial charge is 0.480 e. The maximum absolute atomic E-state index is 12.3. The number of amides is 2. The zero-order chi connectivity index (χ0) is 14.9. The average molecular weight is 323 g/mol. The van der Waals surface area contributed by atoms with E-state index in [-0.39, 0.29) is 19.1 Å². The van der Waals surface area contributed by atoms with Crippen molar-refractivity contribution in [2.75, 3.05) is 44.1 Å². The highest BCUT2D eigenvalue weighted by molar-refractivity contribution is 7.99. The van der Waals surface area contributed by atoms with Crippen molar-refractivity contribution in [3.8, 4) is 0 Å². The normalized spacial score (nSPS) is 24.9. The third-order valence-corrected chi connectivity index (χ3v) is 5.71. The van der Waals surface area contributed by atoms with Crippen molar-refractivity contribution >= 4 is 33.8 Å². The lowest BCUT2D eigenvalue weighted by Gasteiger charge is -2.36. The van der Waals surface area contributed by atoms with Gasteiger partial charge in [-0.15, -0.1) is 11.8 Å². The quantitative estimate of drug-likeness (QED) is 0.710. The molecule has 114 valence electrons. The minimum absolute atomic E-state index is 0.253. The van der Waals surface area contributed by atoms with Crippen molar-refractivity contribution in [1.29, 1.82) is 0 Å². The Morgan fingerprint density at radius 1 is 1.20 bits per heavy atom. The number of aliphatic carboxylic acids is 1. The number of carboxylic acid groups (broad SMARTS) is 1. The van der Waals surface area contributed by atoms with Gasteiger partial charge < -0.3 is 14.9 Å². The Kier molecular flexibility index (Phi) is 4.45. The van der Waals surface area contributed by atoms with E-state index >= 15 is 0 Å². The van der Waals surface area contributed by atoms with E-state index in [1.165, 1.54) is 25.9 Å². The molecule has 0 aromatic heterocycles. The van der Waals surface area contributed by atoms with E-state index in [9.17, 15) is 18.0 Å². The van der Waals surface area contributed by atoms with Gasteiger partial charge in [0, 0.05) is 31.9 Å². The van der Waals surface area contributed by atoms with Gasteiger partial charge >= 0.3 is 12.0 Å². The van der Waals surface area contributed by atoms with E-state index in [1.54, 1.807) is 0 Å². The fourth-order valence-electron chi connectivity index (χ4n) is 2.23. The lowest BCUT2D eigenvalue weighted by molar-refractivity contribution is -0.140. The number of thioether (sulfide) groups is 1. The van der Waals surface area contributed by atoms with E-state index in [4.69, 9.17) is 5.11 Å². The first kappa shape index (κ1) is 15.4. The summed E-state index contributed by atoms with van der Waals surface area (Å²) in [6.07, 6.45) is 1.14. The molecule has 2 aliphatic heterocycles. The molecule has 0 bridgehead atoms. The molecule has 1 atom stereocenters. The minimum atomic E-state index is -3.23. The summed E-state index contributed by atoms with van der Waals surface area (Å²) >= 11 is 1.41. The van der Waals surface area contributed by atoms with E-state index in [2.05, 4.69) is 0 Å². The van der Waals surface area contributed by atoms with Gasteiger partial charge in [0.1, 0.15) is 6.04 Å². The minimum Gasteiger partial charge on any atom is -0.480 e. The highest BCUT2D eigenvalue weighted by atomic mass is 32.2. The SMILES string of the molecule is CS(=O)(=O)N1CCN(C(=O)N2CSC[C@H]2C(=O)O)CC1. The molecule has 0 spiro atoms. The predicted molar refractivity (Wildman–Crippen MR) is 74.0 cm³/mol. The molecule has 1 N–H and O–H groups in total. The van der Waals surface area contributed by atoms with Crippen LogP contribution in [0.2, 0.25) is 0 Å². The zero-order valence-electron chi connectivity index (χ0n) is 11.1. The Labute approximate surface area is 121 Å². The van der Waals surface area contributed by atoms with Crippen molar-refractivity contribution < 1.29 is 23.1 Å². The molecule has 0 aliphatic carbocycles. The van der Waals surface area contributed by atoms with Gasteiger partial charge in [0.25, 0.3) is 0 Å². The molecular formula is C10H17N3O5S2. The van der Waals surface area contributed by atoms with Crippen LogP contribution in [-0.2, 0) is 14.8 Å². The van der Waals surface area contributed by atoms with Gasteiger partial charge in [-0.05, 0) is 0 Å². The third kappa shape index (κ3) is 3.18. The Hall–Kier alpha value is -1.00. The number of hydrogen-bond acceptors (Lipinski definition) is 5. The molecule has 0 unspecified atom stereocenters. The van der Waals surface area contributed by atoms with E-state index in [1.807, 2.05) is 0 Å². The number of rotatable bonds is 2. The zero-order valence-corrected chi connectivity index (χ0v) is 12.7. The van der Waals surface area contributed by atoms with Crippen molar-refractivity contribution in [2.45, 2.75) is 6.04 Å². The summed E-state index contributed by atoms with van der Waals surface area (Å²) in [5.41, 5.74) is 0. The fourth-order valence-corrected chi connectivity index (χ4v) is 4.19. The summed E-state index contributed by atoms with van der Waals surface area (Å²) in [6.45, 7) is 1.09. The summed E-state index contributed by atoms with van der Waals surface area (Å²) < 4.78 is 24.1. The molecule has 10 heteroatoms. The summed E-state index contributed by atoms with van der Waals surface area (Å²) in [7, 11) is -3.23. The molecule has 0 saturated carbocycles. The molecule has 2 aliphatic rings. The number of sulfonamides is 1. The number of nitrogens with zero attached hydrogens (tertiary/aromatic N) is 3. The number of carboxylic acids is 1. The highest BCUT2D eigenvalue weighted by Gasteiger charge is 2.38. The molecule has 0 radical (unpaired) electrons. The van der Waals surface area contributed by atoms with Crippen LogP contribution >= 0.6 is 11.8 Å². The smallest absolute Gasteiger partial charge is 0.327 e. The van der Waals surface area contributed by atoms with Crippen LogP contribution in [0.4, 0.5) is 4.79 Å². The van der Waals surface area contributed by atoms with Gasteiger partial charge in [-0.3, -0.25) is 0 Å². The first-order valence-electron chi connectivity index (χ1n) is 6.12. The summed E-state index contributed by atoms with van der Waals surface area (Å²) in [6, 6.07) is -1.11. The van der Waals surface area contributed by atoms with Crippen LogP contribution in [0.3, 0.4) is 0 Å². The van der Waals surface area contributed by atoms with Crippen LogP contribution in [0.1, 0.15) is 0 Å². The second-order valence-electron chi connectivity index (χ2n) is 4.76. The van der Waals surface area contributed by atoms with Crippen molar-refractivity contribution in [2.24, 2.45) is 0 Å². The Morgan fingerprint density at radius 2 is 1.80 bits per heavy atom. The molecule has 2 fully saturated rings. The van der Waals surface area contributed by atoms with Gasteiger partial charge in [0.2, 0.25) is 10.0 Å². The Bertz CT molecular complexity index is 501. The maximum Gasteiger partial charge on any atom is 0.327 e. The lowest BCUT2D eigenvalue weighted by Crippen LogP contribution is -2.55. The Morgan fingerprint density at radius 3 is 2.30 bits per heavy atom. The molecule has 2 saturated heterocycles. The topological polar surface area (TPSA) is 98.2 Å². The van der Waals surface area contributed by atoms with Gasteiger partial charge in [-0.25, -0.2) is 18.0 Å². The second-order valence-corrected chi connectivity index (χ2v) is 7.74. The van der Waals surface area contributed by atoms with Gasteiger partial charge in [-0.1, -0.05) is 0 Å². The van der Waals surface area contributed by atoms with Crippen molar-refractivity contribution in [3.05, 3.63) is 0 Å². The highest BCUT2D eigenvalue weighted by Crippen LogP contribution is 2.23. The number of hydrogen-bond donors (Lipinski definition) is 1. The fraction of sp³-hybridized carbons (Fsp3) is 0.800. The molecular weight excluding hydrogens is 306 g/mol. The van der Waals surface area contributed by atoms with Gasteiger partial charge in [-0.2, -0.15) is 4.31 Å². The van der Waals surface area contributed by atoms with Crippen molar-refractivity contribution in [3.63, 3.8) is 0 Å². The molecule has 0 aromatic carbocycles. The molecule has 8 nitrogen and oxygen atoms in total. The molecule has 2 amide bonds. The molecule has 0 aromatic rings.